The van der Waals surface area contributed by atoms with Crippen LogP contribution in [0, 0.1) is 0 Å². The number of nitrogens with one attached hydrogen (secondary N) is 1. The maximum Gasteiger partial charge on any atom is 0.416 e. The summed E-state index contributed by atoms with van der Waals surface area (Å²) in [6.07, 6.45) is -3.15. The molecule has 9 heteroatoms. The zero-order valence-electron chi connectivity index (χ0n) is 13.9. The Bertz CT molecular complexity index is 926. The number of carbonyl (C=O) groups excluding carboxylic acids is 1. The standard InChI is InChI=1S/C18H15F3N4O2/c19-18(20,21)15-7-2-1-6-14(15)16(26)9-22-17(27)12-4-3-5-13(8-12)25-10-23-24-11-25/h1-8,10-11,16,26H,9H2,(H,22,27)/t16-/m1/s1. The number of aromatic nitrogens is 3. The lowest BCUT2D eigenvalue weighted by atomic mass is 10.0. The highest BCUT2D eigenvalue weighted by molar-refractivity contribution is 5.94. The zero-order valence-corrected chi connectivity index (χ0v) is 13.9. The molecule has 1 aromatic heterocycles. The molecule has 2 N–H and O–H groups in total. The number of hydrogen-bond acceptors (Lipinski definition) is 4. The molecule has 2 aromatic carbocycles. The average molecular weight is 376 g/mol. The summed E-state index contributed by atoms with van der Waals surface area (Å²) in [5.74, 6) is -0.520. The number of carbonyl (C=O) groups is 1. The zero-order chi connectivity index (χ0) is 19.4. The average Bonchev–Trinajstić information content (AvgIpc) is 3.20. The third-order valence-corrected chi connectivity index (χ3v) is 3.91. The highest BCUT2D eigenvalue weighted by Gasteiger charge is 2.34. The van der Waals surface area contributed by atoms with Crippen LogP contribution in [0.3, 0.4) is 0 Å². The summed E-state index contributed by atoms with van der Waals surface area (Å²) >= 11 is 0. The summed E-state index contributed by atoms with van der Waals surface area (Å²) < 4.78 is 40.7. The second-order valence-corrected chi connectivity index (χ2v) is 5.73. The van der Waals surface area contributed by atoms with Crippen LogP contribution in [0.2, 0.25) is 0 Å². The molecule has 1 atom stereocenters. The van der Waals surface area contributed by atoms with E-state index in [4.69, 9.17) is 0 Å². The first kappa shape index (κ1) is 18.6. The van der Waals surface area contributed by atoms with Gasteiger partial charge in [0.15, 0.2) is 0 Å². The van der Waals surface area contributed by atoms with E-state index in [0.29, 0.717) is 5.69 Å². The molecule has 6 nitrogen and oxygen atoms in total. The Morgan fingerprint density at radius 1 is 1.11 bits per heavy atom. The van der Waals surface area contributed by atoms with E-state index < -0.39 is 23.8 Å². The van der Waals surface area contributed by atoms with Crippen molar-refractivity contribution in [3.05, 3.63) is 77.9 Å². The fourth-order valence-corrected chi connectivity index (χ4v) is 2.59. The molecule has 0 radical (unpaired) electrons. The maximum atomic E-state index is 13.0. The normalized spacial score (nSPS) is 12.6. The molecule has 0 bridgehead atoms. The topological polar surface area (TPSA) is 80.0 Å². The van der Waals surface area contributed by atoms with Crippen molar-refractivity contribution in [1.29, 1.82) is 0 Å². The van der Waals surface area contributed by atoms with Crippen LogP contribution in [0.1, 0.15) is 27.6 Å². The highest BCUT2D eigenvalue weighted by Crippen LogP contribution is 2.34. The van der Waals surface area contributed by atoms with Crippen molar-refractivity contribution in [3.63, 3.8) is 0 Å². The van der Waals surface area contributed by atoms with Gasteiger partial charge in [0.05, 0.1) is 11.7 Å². The van der Waals surface area contributed by atoms with Gasteiger partial charge in [-0.25, -0.2) is 0 Å². The van der Waals surface area contributed by atoms with Crippen LogP contribution in [0.5, 0.6) is 0 Å². The summed E-state index contributed by atoms with van der Waals surface area (Å²) in [6.45, 7) is -0.358. The summed E-state index contributed by atoms with van der Waals surface area (Å²) in [7, 11) is 0. The van der Waals surface area contributed by atoms with E-state index in [-0.39, 0.29) is 17.7 Å². The van der Waals surface area contributed by atoms with Gasteiger partial charge in [0.1, 0.15) is 12.7 Å². The van der Waals surface area contributed by atoms with E-state index in [1.54, 1.807) is 28.8 Å². The Kier molecular flexibility index (Phi) is 5.22. The lowest BCUT2D eigenvalue weighted by Gasteiger charge is -2.18. The summed E-state index contributed by atoms with van der Waals surface area (Å²) in [5.41, 5.74) is -0.280. The van der Waals surface area contributed by atoms with Gasteiger partial charge < -0.3 is 10.4 Å². The number of amides is 1. The van der Waals surface area contributed by atoms with Gasteiger partial charge in [0.25, 0.3) is 5.91 Å². The smallest absolute Gasteiger partial charge is 0.387 e. The van der Waals surface area contributed by atoms with Gasteiger partial charge >= 0.3 is 6.18 Å². The van der Waals surface area contributed by atoms with Gasteiger partial charge in [0, 0.05) is 17.8 Å². The minimum atomic E-state index is -4.59. The van der Waals surface area contributed by atoms with Crippen molar-refractivity contribution in [2.75, 3.05) is 6.54 Å². The minimum Gasteiger partial charge on any atom is -0.387 e. The molecule has 1 heterocycles. The maximum absolute atomic E-state index is 13.0. The second-order valence-electron chi connectivity index (χ2n) is 5.73. The van der Waals surface area contributed by atoms with Crippen molar-refractivity contribution in [2.45, 2.75) is 12.3 Å². The van der Waals surface area contributed by atoms with E-state index in [1.807, 2.05) is 0 Å². The minimum absolute atomic E-state index is 0.288. The van der Waals surface area contributed by atoms with Gasteiger partial charge in [-0.2, -0.15) is 13.2 Å². The molecule has 0 spiro atoms. The van der Waals surface area contributed by atoms with Crippen molar-refractivity contribution in [2.24, 2.45) is 0 Å². The number of halogens is 3. The Morgan fingerprint density at radius 3 is 2.52 bits per heavy atom. The highest BCUT2D eigenvalue weighted by atomic mass is 19.4. The summed E-state index contributed by atoms with van der Waals surface area (Å²) in [4.78, 5) is 12.3. The Hall–Kier alpha value is -3.20. The van der Waals surface area contributed by atoms with Crippen LogP contribution >= 0.6 is 0 Å². The molecule has 140 valence electrons. The Balaban J connectivity index is 1.71. The first-order chi connectivity index (χ1) is 12.9. The molecule has 3 aromatic rings. The lowest BCUT2D eigenvalue weighted by molar-refractivity contribution is -0.139. The molecule has 0 aliphatic heterocycles. The van der Waals surface area contributed by atoms with E-state index in [9.17, 15) is 23.1 Å². The fourth-order valence-electron chi connectivity index (χ4n) is 2.59. The van der Waals surface area contributed by atoms with Crippen LogP contribution in [0.25, 0.3) is 5.69 Å². The number of aliphatic hydroxyl groups is 1. The molecule has 27 heavy (non-hydrogen) atoms. The number of aliphatic hydroxyl groups excluding tert-OH is 1. The molecule has 0 saturated heterocycles. The van der Waals surface area contributed by atoms with Crippen LogP contribution in [-0.2, 0) is 6.18 Å². The number of hydrogen-bond donors (Lipinski definition) is 2. The molecule has 0 unspecified atom stereocenters. The first-order valence-corrected chi connectivity index (χ1v) is 7.93. The third-order valence-electron chi connectivity index (χ3n) is 3.91. The van der Waals surface area contributed by atoms with Crippen LogP contribution in [0.4, 0.5) is 13.2 Å². The summed E-state index contributed by atoms with van der Waals surface area (Å²) in [6, 6.07) is 11.3. The number of rotatable bonds is 5. The monoisotopic (exact) mass is 376 g/mol. The van der Waals surface area contributed by atoms with Gasteiger partial charge in [0.2, 0.25) is 0 Å². The number of benzene rings is 2. The molecular weight excluding hydrogens is 361 g/mol. The molecule has 3 rings (SSSR count). The predicted molar refractivity (Wildman–Crippen MR) is 90.1 cm³/mol. The molecular formula is C18H15F3N4O2. The SMILES string of the molecule is O=C(NC[C@@H](O)c1ccccc1C(F)(F)F)c1cccc(-n2cnnc2)c1. The second kappa shape index (κ2) is 7.58. The molecule has 0 saturated carbocycles. The van der Waals surface area contributed by atoms with Crippen molar-refractivity contribution in [1.82, 2.24) is 20.1 Å². The van der Waals surface area contributed by atoms with E-state index in [1.165, 1.54) is 30.9 Å². The Morgan fingerprint density at radius 2 is 1.81 bits per heavy atom. The fraction of sp³-hybridized carbons (Fsp3) is 0.167. The van der Waals surface area contributed by atoms with Crippen molar-refractivity contribution >= 4 is 5.91 Å². The summed E-state index contributed by atoms with van der Waals surface area (Å²) in [5, 5.41) is 19.9. The molecule has 1 amide bonds. The molecule has 0 aliphatic carbocycles. The van der Waals surface area contributed by atoms with Gasteiger partial charge in [-0.15, -0.1) is 10.2 Å². The first-order valence-electron chi connectivity index (χ1n) is 7.93. The lowest BCUT2D eigenvalue weighted by Crippen LogP contribution is -2.29. The quantitative estimate of drug-likeness (QED) is 0.718. The van der Waals surface area contributed by atoms with Crippen LogP contribution < -0.4 is 5.32 Å². The van der Waals surface area contributed by atoms with Crippen LogP contribution in [-0.4, -0.2) is 32.3 Å². The van der Waals surface area contributed by atoms with Crippen molar-refractivity contribution in [3.8, 4) is 5.69 Å². The van der Waals surface area contributed by atoms with Crippen molar-refractivity contribution < 1.29 is 23.1 Å². The third kappa shape index (κ3) is 4.32. The number of nitrogens with zero attached hydrogens (tertiary/aromatic N) is 3. The van der Waals surface area contributed by atoms with E-state index in [0.717, 1.165) is 6.07 Å². The molecule has 0 fully saturated rings. The van der Waals surface area contributed by atoms with E-state index >= 15 is 0 Å². The van der Waals surface area contributed by atoms with Gasteiger partial charge in [-0.05, 0) is 29.8 Å². The van der Waals surface area contributed by atoms with E-state index in [2.05, 4.69) is 15.5 Å². The van der Waals surface area contributed by atoms with Gasteiger partial charge in [-0.1, -0.05) is 24.3 Å². The largest absolute Gasteiger partial charge is 0.416 e. The number of alkyl halides is 3. The predicted octanol–water partition coefficient (Wildman–Crippen LogP) is 2.75. The van der Waals surface area contributed by atoms with Crippen LogP contribution in [0.15, 0.2) is 61.2 Å². The molecule has 0 aliphatic rings. The Labute approximate surface area is 152 Å². The van der Waals surface area contributed by atoms with Gasteiger partial charge in [-0.3, -0.25) is 9.36 Å².